The minimum atomic E-state index is -1.39. The van der Waals surface area contributed by atoms with Crippen LogP contribution in [0.4, 0.5) is 0 Å². The smallest absolute Gasteiger partial charge is 0.304 e. The van der Waals surface area contributed by atoms with E-state index in [0.717, 1.165) is 26.9 Å². The second-order valence-corrected chi connectivity index (χ2v) is 8.46. The van der Waals surface area contributed by atoms with Crippen LogP contribution in [0.1, 0.15) is 22.8 Å². The molecule has 152 valence electrons. The van der Waals surface area contributed by atoms with Crippen molar-refractivity contribution in [2.45, 2.75) is 11.9 Å². The van der Waals surface area contributed by atoms with Gasteiger partial charge < -0.3 is 14.6 Å². The van der Waals surface area contributed by atoms with Crippen LogP contribution in [0.3, 0.4) is 0 Å². The summed E-state index contributed by atoms with van der Waals surface area (Å²) in [5, 5.41) is 15.9. The molecule has 5 nitrogen and oxygen atoms in total. The van der Waals surface area contributed by atoms with Crippen molar-refractivity contribution in [1.29, 1.82) is 0 Å². The lowest BCUT2D eigenvalue weighted by molar-refractivity contribution is -0.136. The highest BCUT2D eigenvalue weighted by Gasteiger charge is 2.52. The molecule has 0 fully saturated rings. The van der Waals surface area contributed by atoms with E-state index in [1.54, 1.807) is 10.9 Å². The fourth-order valence-corrected chi connectivity index (χ4v) is 4.52. The fourth-order valence-electron chi connectivity index (χ4n) is 4.14. The van der Waals surface area contributed by atoms with Gasteiger partial charge in [-0.1, -0.05) is 64.5 Å². The van der Waals surface area contributed by atoms with Gasteiger partial charge in [-0.25, -0.2) is 4.68 Å². The van der Waals surface area contributed by atoms with Gasteiger partial charge in [0, 0.05) is 16.1 Å². The Labute approximate surface area is 187 Å². The largest absolute Gasteiger partial charge is 0.446 e. The summed E-state index contributed by atoms with van der Waals surface area (Å²) in [6, 6.07) is 25.3. The first-order chi connectivity index (χ1) is 15.1. The number of halogens is 1. The summed E-state index contributed by atoms with van der Waals surface area (Å²) >= 11 is 3.48. The van der Waals surface area contributed by atoms with Gasteiger partial charge >= 0.3 is 5.79 Å². The SMILES string of the molecule is O[C@H]1c2cc(Br)ccc2O[C@]12C=C(c1ccccc1)c1cnn(-c3ccccc3)c1O2. The van der Waals surface area contributed by atoms with Crippen LogP contribution in [0, 0.1) is 0 Å². The van der Waals surface area contributed by atoms with Crippen molar-refractivity contribution < 1.29 is 14.6 Å². The Morgan fingerprint density at radius 1 is 0.935 bits per heavy atom. The third-order valence-electron chi connectivity index (χ3n) is 5.62. The van der Waals surface area contributed by atoms with Gasteiger partial charge in [-0.05, 0) is 41.5 Å². The molecular formula is C25H17BrN2O3. The van der Waals surface area contributed by atoms with Gasteiger partial charge in [-0.3, -0.25) is 0 Å². The van der Waals surface area contributed by atoms with E-state index >= 15 is 0 Å². The molecule has 3 heterocycles. The Balaban J connectivity index is 1.56. The first-order valence-electron chi connectivity index (χ1n) is 9.92. The fraction of sp³-hybridized carbons (Fsp3) is 0.0800. The van der Waals surface area contributed by atoms with Crippen LogP contribution in [-0.4, -0.2) is 20.7 Å². The molecule has 0 bridgehead atoms. The quantitative estimate of drug-likeness (QED) is 0.431. The number of benzene rings is 3. The molecule has 2 atom stereocenters. The van der Waals surface area contributed by atoms with Crippen LogP contribution < -0.4 is 9.47 Å². The molecule has 2 aliphatic rings. The third-order valence-corrected chi connectivity index (χ3v) is 6.11. The van der Waals surface area contributed by atoms with E-state index in [0.29, 0.717) is 17.2 Å². The minimum Gasteiger partial charge on any atom is -0.446 e. The number of aromatic nitrogens is 2. The zero-order valence-electron chi connectivity index (χ0n) is 16.3. The van der Waals surface area contributed by atoms with Crippen molar-refractivity contribution in [1.82, 2.24) is 9.78 Å². The van der Waals surface area contributed by atoms with E-state index in [1.807, 2.05) is 84.9 Å². The van der Waals surface area contributed by atoms with Crippen LogP contribution in [0.15, 0.2) is 95.6 Å². The number of aliphatic hydroxyl groups is 1. The summed E-state index contributed by atoms with van der Waals surface area (Å²) in [6.45, 7) is 0. The first-order valence-corrected chi connectivity index (χ1v) is 10.7. The molecule has 6 rings (SSSR count). The van der Waals surface area contributed by atoms with Crippen LogP contribution in [-0.2, 0) is 0 Å². The predicted molar refractivity (Wildman–Crippen MR) is 120 cm³/mol. The normalized spacial score (nSPS) is 21.1. The second-order valence-electron chi connectivity index (χ2n) is 7.55. The molecule has 6 heteroatoms. The molecule has 0 saturated heterocycles. The lowest BCUT2D eigenvalue weighted by Gasteiger charge is -2.34. The standard InChI is InChI=1S/C25H17BrN2O3/c26-17-11-12-22-19(13-17)23(29)25(30-22)14-20(16-7-3-1-4-8-16)21-15-27-28(24(21)31-25)18-9-5-2-6-10-18/h1-15,23,29H/t23-,25-/m0/s1. The molecule has 0 unspecified atom stereocenters. The molecule has 31 heavy (non-hydrogen) atoms. The van der Waals surface area contributed by atoms with E-state index in [4.69, 9.17) is 9.47 Å². The first kappa shape index (κ1) is 18.4. The monoisotopic (exact) mass is 472 g/mol. The highest BCUT2D eigenvalue weighted by molar-refractivity contribution is 9.10. The summed E-state index contributed by atoms with van der Waals surface area (Å²) < 4.78 is 15.3. The van der Waals surface area contributed by atoms with Gasteiger partial charge in [0.25, 0.3) is 0 Å². The van der Waals surface area contributed by atoms with E-state index < -0.39 is 11.9 Å². The predicted octanol–water partition coefficient (Wildman–Crippen LogP) is 5.28. The van der Waals surface area contributed by atoms with E-state index in [-0.39, 0.29) is 0 Å². The Bertz CT molecular complexity index is 1320. The Morgan fingerprint density at radius 3 is 2.45 bits per heavy atom. The zero-order chi connectivity index (χ0) is 21.0. The second kappa shape index (κ2) is 6.83. The lowest BCUT2D eigenvalue weighted by Crippen LogP contribution is -2.44. The average molecular weight is 473 g/mol. The summed E-state index contributed by atoms with van der Waals surface area (Å²) in [4.78, 5) is 0. The Kier molecular flexibility index (Phi) is 4.06. The Hall–Kier alpha value is -3.35. The van der Waals surface area contributed by atoms with Gasteiger partial charge in [0.1, 0.15) is 5.75 Å². The van der Waals surface area contributed by atoms with Gasteiger partial charge in [0.05, 0.1) is 17.4 Å². The summed E-state index contributed by atoms with van der Waals surface area (Å²) in [6.07, 6.45) is 2.64. The van der Waals surface area contributed by atoms with Gasteiger partial charge in [-0.2, -0.15) is 5.10 Å². The van der Waals surface area contributed by atoms with Gasteiger partial charge in [-0.15, -0.1) is 0 Å². The van der Waals surface area contributed by atoms with Gasteiger partial charge in [0.2, 0.25) is 5.88 Å². The number of fused-ring (bicyclic) bond motifs is 2. The number of nitrogens with zero attached hydrogens (tertiary/aromatic N) is 2. The molecule has 0 amide bonds. The third kappa shape index (κ3) is 2.83. The number of para-hydroxylation sites is 1. The Morgan fingerprint density at radius 2 is 1.68 bits per heavy atom. The number of ether oxygens (including phenoxy) is 2. The number of rotatable bonds is 2. The highest BCUT2D eigenvalue weighted by atomic mass is 79.9. The number of hydrogen-bond donors (Lipinski definition) is 1. The topological polar surface area (TPSA) is 56.5 Å². The maximum Gasteiger partial charge on any atom is 0.304 e. The van der Waals surface area contributed by atoms with Crippen molar-refractivity contribution in [3.63, 3.8) is 0 Å². The summed E-state index contributed by atoms with van der Waals surface area (Å²) in [5.41, 5.74) is 4.27. The zero-order valence-corrected chi connectivity index (χ0v) is 17.9. The van der Waals surface area contributed by atoms with E-state index in [2.05, 4.69) is 21.0 Å². The van der Waals surface area contributed by atoms with Crippen molar-refractivity contribution >= 4 is 21.5 Å². The molecule has 2 aliphatic heterocycles. The molecule has 0 aliphatic carbocycles. The highest BCUT2D eigenvalue weighted by Crippen LogP contribution is 2.51. The number of aliphatic hydroxyl groups excluding tert-OH is 1. The molecule has 1 spiro atoms. The molecule has 0 saturated carbocycles. The molecular weight excluding hydrogens is 456 g/mol. The summed E-state index contributed by atoms with van der Waals surface area (Å²) in [5.74, 6) is -0.277. The lowest BCUT2D eigenvalue weighted by atomic mass is 9.92. The number of hydrogen-bond acceptors (Lipinski definition) is 4. The van der Waals surface area contributed by atoms with Gasteiger partial charge in [0.15, 0.2) is 6.10 Å². The van der Waals surface area contributed by atoms with E-state index in [1.165, 1.54) is 0 Å². The van der Waals surface area contributed by atoms with E-state index in [9.17, 15) is 5.11 Å². The molecule has 1 N–H and O–H groups in total. The molecule has 3 aromatic carbocycles. The average Bonchev–Trinajstić information content (AvgIpc) is 3.34. The maximum absolute atomic E-state index is 11.3. The van der Waals surface area contributed by atoms with Crippen molar-refractivity contribution in [3.05, 3.63) is 112 Å². The van der Waals surface area contributed by atoms with Crippen LogP contribution in [0.25, 0.3) is 11.3 Å². The van der Waals surface area contributed by atoms with Crippen molar-refractivity contribution in [2.75, 3.05) is 0 Å². The van der Waals surface area contributed by atoms with Crippen molar-refractivity contribution in [3.8, 4) is 17.3 Å². The van der Waals surface area contributed by atoms with Crippen LogP contribution in [0.5, 0.6) is 11.6 Å². The van der Waals surface area contributed by atoms with Crippen LogP contribution in [0.2, 0.25) is 0 Å². The molecule has 1 aromatic heterocycles. The van der Waals surface area contributed by atoms with Crippen LogP contribution >= 0.6 is 15.9 Å². The van der Waals surface area contributed by atoms with Crippen molar-refractivity contribution in [2.24, 2.45) is 0 Å². The molecule has 0 radical (unpaired) electrons. The summed E-state index contributed by atoms with van der Waals surface area (Å²) in [7, 11) is 0. The maximum atomic E-state index is 11.3. The molecule has 4 aromatic rings. The minimum absolute atomic E-state index is 0.526.